The number of ether oxygens (including phenoxy) is 1. The molecule has 1 nitrogen and oxygen atoms in total. The third-order valence-corrected chi connectivity index (χ3v) is 7.51. The fourth-order valence-corrected chi connectivity index (χ4v) is 6.36. The predicted octanol–water partition coefficient (Wildman–Crippen LogP) is 6.19. The zero-order valence-corrected chi connectivity index (χ0v) is 17.8. The Morgan fingerprint density at radius 2 is 1.68 bits per heavy atom. The molecule has 1 unspecified atom stereocenters. The van der Waals surface area contributed by atoms with E-state index in [1.54, 1.807) is 0 Å². The van der Waals surface area contributed by atoms with E-state index in [0.717, 1.165) is 5.75 Å². The van der Waals surface area contributed by atoms with Crippen molar-refractivity contribution in [2.75, 3.05) is 7.11 Å². The van der Waals surface area contributed by atoms with Gasteiger partial charge in [0.15, 0.2) is 0 Å². The lowest BCUT2D eigenvalue weighted by Crippen LogP contribution is -2.19. The highest BCUT2D eigenvalue weighted by molar-refractivity contribution is 6.58. The molecule has 0 radical (unpaired) electrons. The molecule has 0 fully saturated rings. The second kappa shape index (κ2) is 6.49. The number of rotatable bonds is 3. The van der Waals surface area contributed by atoms with Crippen molar-refractivity contribution in [3.8, 4) is 16.9 Å². The molecule has 132 valence electrons. The van der Waals surface area contributed by atoms with Crippen molar-refractivity contribution >= 4 is 14.9 Å². The minimum Gasteiger partial charge on any atom is -0.496 e. The van der Waals surface area contributed by atoms with Crippen molar-refractivity contribution in [1.82, 2.24) is 0 Å². The Bertz CT molecular complexity index is 810. The molecule has 3 rings (SSSR count). The molecule has 0 saturated carbocycles. The summed E-state index contributed by atoms with van der Waals surface area (Å²) >= 11 is 0. The first-order chi connectivity index (χ1) is 11.8. The van der Waals surface area contributed by atoms with Crippen molar-refractivity contribution in [3.05, 3.63) is 58.7 Å². The fourth-order valence-electron chi connectivity index (χ4n) is 4.22. The molecular formula is C23H30OSi. The van der Waals surface area contributed by atoms with E-state index in [-0.39, 0.29) is 5.41 Å². The molecule has 2 aromatic rings. The van der Waals surface area contributed by atoms with Crippen molar-refractivity contribution in [3.63, 3.8) is 0 Å². The van der Waals surface area contributed by atoms with Crippen LogP contribution < -0.4 is 4.74 Å². The molecule has 2 aromatic carbocycles. The molecule has 0 N–H and O–H groups in total. The van der Waals surface area contributed by atoms with Gasteiger partial charge in [0.25, 0.3) is 0 Å². The number of allylic oxidation sites excluding steroid dienone is 1. The van der Waals surface area contributed by atoms with E-state index < -0.39 is 8.80 Å². The highest BCUT2D eigenvalue weighted by atomic mass is 28.3. The zero-order chi connectivity index (χ0) is 18.4. The standard InChI is InChI=1S/C23H30OSi/c1-15-13-17-18(22(15)25(6)7)14-19(23(2,3)4)21(24-5)20(17)16-11-9-8-10-12-16/h8-14,22,25H,1-7H3. The molecule has 0 aromatic heterocycles. The minimum atomic E-state index is -0.841. The zero-order valence-electron chi connectivity index (χ0n) is 16.6. The van der Waals surface area contributed by atoms with Crippen LogP contribution in [0.5, 0.6) is 5.75 Å². The summed E-state index contributed by atoms with van der Waals surface area (Å²) in [5.74, 6) is 1.03. The molecule has 0 aliphatic heterocycles. The Hall–Kier alpha value is -1.80. The number of hydrogen-bond acceptors (Lipinski definition) is 1. The number of hydrogen-bond donors (Lipinski definition) is 0. The predicted molar refractivity (Wildman–Crippen MR) is 112 cm³/mol. The first-order valence-corrected chi connectivity index (χ1v) is 12.2. The quantitative estimate of drug-likeness (QED) is 0.600. The second-order valence-corrected chi connectivity index (χ2v) is 11.7. The highest BCUT2D eigenvalue weighted by Crippen LogP contribution is 2.49. The van der Waals surface area contributed by atoms with Crippen LogP contribution >= 0.6 is 0 Å². The van der Waals surface area contributed by atoms with E-state index >= 15 is 0 Å². The molecule has 2 heteroatoms. The van der Waals surface area contributed by atoms with Gasteiger partial charge in [0.05, 0.1) is 7.11 Å². The molecule has 1 atom stereocenters. The molecular weight excluding hydrogens is 320 g/mol. The van der Waals surface area contributed by atoms with Gasteiger partial charge in [-0.2, -0.15) is 0 Å². The summed E-state index contributed by atoms with van der Waals surface area (Å²) in [7, 11) is 0.968. The van der Waals surface area contributed by atoms with Gasteiger partial charge < -0.3 is 4.74 Å². The van der Waals surface area contributed by atoms with Crippen LogP contribution in [0.15, 0.2) is 42.0 Å². The lowest BCUT2D eigenvalue weighted by atomic mass is 9.81. The molecule has 0 amide bonds. The van der Waals surface area contributed by atoms with Crippen LogP contribution in [-0.2, 0) is 5.41 Å². The van der Waals surface area contributed by atoms with Gasteiger partial charge in [-0.25, -0.2) is 0 Å². The van der Waals surface area contributed by atoms with E-state index in [0.29, 0.717) is 5.54 Å². The summed E-state index contributed by atoms with van der Waals surface area (Å²) in [5, 5.41) is 0. The Balaban J connectivity index is 2.40. The van der Waals surface area contributed by atoms with Gasteiger partial charge >= 0.3 is 0 Å². The third kappa shape index (κ3) is 3.08. The van der Waals surface area contributed by atoms with Gasteiger partial charge in [0.1, 0.15) is 5.75 Å². The van der Waals surface area contributed by atoms with Crippen molar-refractivity contribution < 1.29 is 4.74 Å². The smallest absolute Gasteiger partial charge is 0.131 e. The SMILES string of the molecule is COc1c(C(C)(C)C)cc2c(c1-c1ccccc1)C=C(C)C2[SiH](C)C. The van der Waals surface area contributed by atoms with Crippen LogP contribution in [0.2, 0.25) is 13.1 Å². The van der Waals surface area contributed by atoms with E-state index in [1.165, 1.54) is 33.4 Å². The van der Waals surface area contributed by atoms with Gasteiger partial charge in [-0.15, -0.1) is 0 Å². The molecule has 1 aliphatic rings. The first-order valence-electron chi connectivity index (χ1n) is 9.24. The lowest BCUT2D eigenvalue weighted by molar-refractivity contribution is 0.399. The molecule has 0 spiro atoms. The summed E-state index contributed by atoms with van der Waals surface area (Å²) in [5.41, 5.74) is 8.91. The van der Waals surface area contributed by atoms with Crippen LogP contribution in [0.4, 0.5) is 0 Å². The Morgan fingerprint density at radius 3 is 2.20 bits per heavy atom. The Morgan fingerprint density at radius 1 is 1.04 bits per heavy atom. The summed E-state index contributed by atoms with van der Waals surface area (Å²) in [6.45, 7) is 14.1. The molecule has 1 aliphatic carbocycles. The molecule has 0 bridgehead atoms. The van der Waals surface area contributed by atoms with Gasteiger partial charge in [-0.1, -0.05) is 81.9 Å². The average Bonchev–Trinajstić information content (AvgIpc) is 2.88. The number of methoxy groups -OCH3 is 1. The normalized spacial score (nSPS) is 16.8. The van der Waals surface area contributed by atoms with E-state index in [2.05, 4.69) is 83.3 Å². The monoisotopic (exact) mass is 350 g/mol. The topological polar surface area (TPSA) is 9.23 Å². The van der Waals surface area contributed by atoms with Gasteiger partial charge in [-0.3, -0.25) is 0 Å². The largest absolute Gasteiger partial charge is 0.496 e. The summed E-state index contributed by atoms with van der Waals surface area (Å²) in [6, 6.07) is 13.2. The highest BCUT2D eigenvalue weighted by Gasteiger charge is 2.33. The van der Waals surface area contributed by atoms with Crippen molar-refractivity contribution in [2.24, 2.45) is 0 Å². The first kappa shape index (κ1) is 18.0. The van der Waals surface area contributed by atoms with Crippen molar-refractivity contribution in [2.45, 2.75) is 51.7 Å². The van der Waals surface area contributed by atoms with Crippen LogP contribution in [-0.4, -0.2) is 15.9 Å². The van der Waals surface area contributed by atoms with E-state index in [4.69, 9.17) is 4.74 Å². The average molecular weight is 351 g/mol. The summed E-state index contributed by atoms with van der Waals surface area (Å²) < 4.78 is 6.00. The van der Waals surface area contributed by atoms with Gasteiger partial charge in [-0.05, 0) is 34.6 Å². The van der Waals surface area contributed by atoms with Crippen molar-refractivity contribution in [1.29, 1.82) is 0 Å². The summed E-state index contributed by atoms with van der Waals surface area (Å²) in [6.07, 6.45) is 2.41. The van der Waals surface area contributed by atoms with Crippen LogP contribution in [0.25, 0.3) is 17.2 Å². The van der Waals surface area contributed by atoms with Crippen LogP contribution in [0.1, 0.15) is 49.9 Å². The Labute approximate surface area is 154 Å². The van der Waals surface area contributed by atoms with Gasteiger partial charge in [0.2, 0.25) is 0 Å². The summed E-state index contributed by atoms with van der Waals surface area (Å²) in [4.78, 5) is 0. The number of fused-ring (bicyclic) bond motifs is 1. The van der Waals surface area contributed by atoms with Crippen LogP contribution in [0, 0.1) is 0 Å². The maximum absolute atomic E-state index is 6.00. The molecule has 25 heavy (non-hydrogen) atoms. The molecule has 0 saturated heterocycles. The minimum absolute atomic E-state index is 0.0451. The fraction of sp³-hybridized carbons (Fsp3) is 0.391. The van der Waals surface area contributed by atoms with E-state index in [1.807, 2.05) is 7.11 Å². The van der Waals surface area contributed by atoms with Crippen LogP contribution in [0.3, 0.4) is 0 Å². The third-order valence-electron chi connectivity index (χ3n) is 5.29. The number of benzene rings is 2. The second-order valence-electron chi connectivity index (χ2n) is 8.56. The lowest BCUT2D eigenvalue weighted by Gasteiger charge is -2.28. The van der Waals surface area contributed by atoms with Gasteiger partial charge in [0, 0.05) is 19.9 Å². The molecule has 0 heterocycles. The maximum Gasteiger partial charge on any atom is 0.131 e. The van der Waals surface area contributed by atoms with E-state index in [9.17, 15) is 0 Å². The maximum atomic E-state index is 6.00. The Kier molecular flexibility index (Phi) is 4.67.